The van der Waals surface area contributed by atoms with Crippen LogP contribution in [0.2, 0.25) is 0 Å². The Morgan fingerprint density at radius 3 is 2.97 bits per heavy atom. The Bertz CT molecular complexity index is 1050. The second-order valence-electron chi connectivity index (χ2n) is 8.21. The number of hydrogen-bond donors (Lipinski definition) is 3. The van der Waals surface area contributed by atoms with Crippen LogP contribution < -0.4 is 16.1 Å². The molecule has 1 unspecified atom stereocenters. The van der Waals surface area contributed by atoms with Crippen molar-refractivity contribution in [2.24, 2.45) is 5.10 Å². The molecule has 0 radical (unpaired) electrons. The number of hydrogen-bond acceptors (Lipinski definition) is 5. The van der Waals surface area contributed by atoms with E-state index in [4.69, 9.17) is 0 Å². The minimum absolute atomic E-state index is 0.0914. The Balaban J connectivity index is 1.40. The summed E-state index contributed by atoms with van der Waals surface area (Å²) < 4.78 is 0. The summed E-state index contributed by atoms with van der Waals surface area (Å²) >= 11 is 0. The molecular weight excluding hydrogens is 382 g/mol. The molecule has 0 fully saturated rings. The van der Waals surface area contributed by atoms with Crippen LogP contribution >= 0.6 is 0 Å². The summed E-state index contributed by atoms with van der Waals surface area (Å²) in [5.41, 5.74) is 12.8. The van der Waals surface area contributed by atoms with Crippen LogP contribution in [-0.4, -0.2) is 29.8 Å². The quantitative estimate of drug-likeness (QED) is 0.601. The standard InChI is InChI=1S/C26H31N5/c1-17(21-11-14-27-15-12-21)9-10-24-19(3)25(31-30-24)20(4)29-23-13-16-28-26(18(23)2)22-7-5-6-8-22/h5,7-9,11,13,16,24,27,30H,3-4,6,10,12,14-15H2,1-2H3,(H,28,29)/b17-9+. The van der Waals surface area contributed by atoms with Crippen molar-refractivity contribution in [2.75, 3.05) is 18.4 Å². The molecular formula is C26H31N5. The second kappa shape index (κ2) is 9.31. The Morgan fingerprint density at radius 1 is 1.35 bits per heavy atom. The molecule has 3 heterocycles. The van der Waals surface area contributed by atoms with Crippen LogP contribution in [0.4, 0.5) is 5.69 Å². The van der Waals surface area contributed by atoms with Crippen molar-refractivity contribution in [3.63, 3.8) is 0 Å². The maximum atomic E-state index is 4.57. The second-order valence-corrected chi connectivity index (χ2v) is 8.21. The highest BCUT2D eigenvalue weighted by Crippen LogP contribution is 2.28. The van der Waals surface area contributed by atoms with Gasteiger partial charge in [-0.25, -0.2) is 0 Å². The van der Waals surface area contributed by atoms with Gasteiger partial charge in [0.05, 0.1) is 17.4 Å². The molecule has 0 aromatic carbocycles. The number of pyridine rings is 1. The van der Waals surface area contributed by atoms with Gasteiger partial charge in [-0.3, -0.25) is 4.98 Å². The molecule has 0 bridgehead atoms. The normalized spacial score (nSPS) is 20.8. The van der Waals surface area contributed by atoms with E-state index in [0.29, 0.717) is 0 Å². The molecule has 0 spiro atoms. The fourth-order valence-corrected chi connectivity index (χ4v) is 4.14. The van der Waals surface area contributed by atoms with Crippen LogP contribution in [0, 0.1) is 6.92 Å². The van der Waals surface area contributed by atoms with E-state index in [-0.39, 0.29) is 6.04 Å². The Morgan fingerprint density at radius 2 is 2.23 bits per heavy atom. The summed E-state index contributed by atoms with van der Waals surface area (Å²) in [7, 11) is 0. The van der Waals surface area contributed by atoms with E-state index in [0.717, 1.165) is 66.3 Å². The Hall–Kier alpha value is -3.18. The first-order valence-electron chi connectivity index (χ1n) is 10.9. The first-order chi connectivity index (χ1) is 15.0. The minimum Gasteiger partial charge on any atom is -0.354 e. The van der Waals surface area contributed by atoms with E-state index in [1.807, 2.05) is 12.3 Å². The summed E-state index contributed by atoms with van der Waals surface area (Å²) in [4.78, 5) is 4.57. The van der Waals surface area contributed by atoms with Gasteiger partial charge in [-0.2, -0.15) is 5.10 Å². The van der Waals surface area contributed by atoms with Crippen LogP contribution in [0.25, 0.3) is 5.57 Å². The number of rotatable bonds is 7. The lowest BCUT2D eigenvalue weighted by molar-refractivity contribution is 0.645. The third-order valence-electron chi connectivity index (χ3n) is 6.11. The van der Waals surface area contributed by atoms with Crippen molar-refractivity contribution in [1.82, 2.24) is 15.7 Å². The predicted octanol–water partition coefficient (Wildman–Crippen LogP) is 4.80. The Labute approximate surface area is 185 Å². The minimum atomic E-state index is 0.0914. The third kappa shape index (κ3) is 4.62. The molecule has 4 rings (SSSR count). The highest BCUT2D eigenvalue weighted by Gasteiger charge is 2.25. The number of aromatic nitrogens is 1. The zero-order valence-electron chi connectivity index (χ0n) is 18.5. The van der Waals surface area contributed by atoms with Gasteiger partial charge < -0.3 is 16.1 Å². The van der Waals surface area contributed by atoms with Crippen molar-refractivity contribution in [3.8, 4) is 0 Å². The van der Waals surface area contributed by atoms with E-state index in [1.54, 1.807) is 0 Å². The highest BCUT2D eigenvalue weighted by atomic mass is 15.3. The van der Waals surface area contributed by atoms with Gasteiger partial charge in [0.1, 0.15) is 5.71 Å². The molecule has 0 amide bonds. The van der Waals surface area contributed by atoms with Crippen LogP contribution in [0.15, 0.2) is 83.3 Å². The zero-order valence-corrected chi connectivity index (χ0v) is 18.5. The monoisotopic (exact) mass is 413 g/mol. The zero-order chi connectivity index (χ0) is 21.8. The van der Waals surface area contributed by atoms with Gasteiger partial charge in [-0.1, -0.05) is 49.1 Å². The fourth-order valence-electron chi connectivity index (χ4n) is 4.14. The molecule has 1 aromatic rings. The molecule has 0 saturated heterocycles. The van der Waals surface area contributed by atoms with Gasteiger partial charge in [-0.05, 0) is 68.0 Å². The molecule has 1 atom stereocenters. The molecule has 1 aliphatic carbocycles. The summed E-state index contributed by atoms with van der Waals surface area (Å²) in [6.45, 7) is 14.8. The predicted molar refractivity (Wildman–Crippen MR) is 131 cm³/mol. The summed E-state index contributed by atoms with van der Waals surface area (Å²) in [5.74, 6) is 0. The average molecular weight is 414 g/mol. The topological polar surface area (TPSA) is 61.3 Å². The maximum Gasteiger partial charge on any atom is 0.110 e. The highest BCUT2D eigenvalue weighted by molar-refractivity contribution is 6.15. The first-order valence-corrected chi connectivity index (χ1v) is 10.9. The maximum absolute atomic E-state index is 4.57. The summed E-state index contributed by atoms with van der Waals surface area (Å²) in [6, 6.07) is 2.07. The number of anilines is 1. The van der Waals surface area contributed by atoms with Crippen LogP contribution in [0.5, 0.6) is 0 Å². The lowest BCUT2D eigenvalue weighted by Crippen LogP contribution is -2.22. The van der Waals surface area contributed by atoms with E-state index in [2.05, 4.69) is 83.5 Å². The smallest absolute Gasteiger partial charge is 0.110 e. The van der Waals surface area contributed by atoms with Gasteiger partial charge in [0, 0.05) is 18.4 Å². The van der Waals surface area contributed by atoms with Crippen LogP contribution in [-0.2, 0) is 0 Å². The van der Waals surface area contributed by atoms with Crippen molar-refractivity contribution >= 4 is 17.0 Å². The molecule has 2 aliphatic heterocycles. The van der Waals surface area contributed by atoms with E-state index in [1.165, 1.54) is 16.7 Å². The molecule has 31 heavy (non-hydrogen) atoms. The number of allylic oxidation sites excluding steroid dienone is 6. The lowest BCUT2D eigenvalue weighted by Gasteiger charge is -2.17. The molecule has 0 saturated carbocycles. The number of hydrazone groups is 1. The van der Waals surface area contributed by atoms with Crippen molar-refractivity contribution < 1.29 is 0 Å². The van der Waals surface area contributed by atoms with Gasteiger partial charge in [0.15, 0.2) is 0 Å². The van der Waals surface area contributed by atoms with E-state index in [9.17, 15) is 0 Å². The van der Waals surface area contributed by atoms with E-state index >= 15 is 0 Å². The van der Waals surface area contributed by atoms with Crippen molar-refractivity contribution in [3.05, 3.63) is 89.5 Å². The number of nitrogens with zero attached hydrogens (tertiary/aromatic N) is 2. The van der Waals surface area contributed by atoms with E-state index < -0.39 is 0 Å². The average Bonchev–Trinajstić information content (AvgIpc) is 3.44. The van der Waals surface area contributed by atoms with Crippen molar-refractivity contribution in [2.45, 2.75) is 39.2 Å². The molecule has 5 nitrogen and oxygen atoms in total. The molecule has 5 heteroatoms. The van der Waals surface area contributed by atoms with Gasteiger partial charge in [-0.15, -0.1) is 0 Å². The van der Waals surface area contributed by atoms with Crippen LogP contribution in [0.1, 0.15) is 37.4 Å². The largest absolute Gasteiger partial charge is 0.354 e. The summed E-state index contributed by atoms with van der Waals surface area (Å²) in [6.07, 6.45) is 15.8. The number of nitrogens with one attached hydrogen (secondary N) is 3. The van der Waals surface area contributed by atoms with Crippen LogP contribution in [0.3, 0.4) is 0 Å². The molecule has 160 valence electrons. The van der Waals surface area contributed by atoms with Gasteiger partial charge >= 0.3 is 0 Å². The Kier molecular flexibility index (Phi) is 6.33. The SMILES string of the molecule is C=C(Nc1ccnc(C2=CCC=C2)c1C)C1=NNC(C/C=C(\C)C2=CCNCC2)C1=C. The van der Waals surface area contributed by atoms with Crippen molar-refractivity contribution in [1.29, 1.82) is 0 Å². The van der Waals surface area contributed by atoms with Gasteiger partial charge in [0.25, 0.3) is 0 Å². The first kappa shape index (κ1) is 21.1. The molecule has 3 aliphatic rings. The van der Waals surface area contributed by atoms with Gasteiger partial charge in [0.2, 0.25) is 0 Å². The molecule has 3 N–H and O–H groups in total. The lowest BCUT2D eigenvalue weighted by atomic mass is 9.96. The molecule has 1 aromatic heterocycles. The third-order valence-corrected chi connectivity index (χ3v) is 6.11. The fraction of sp³-hybridized carbons (Fsp3) is 0.308. The summed E-state index contributed by atoms with van der Waals surface area (Å²) in [5, 5.41) is 11.3.